The van der Waals surface area contributed by atoms with Crippen LogP contribution in [0.15, 0.2) is 35.5 Å². The smallest absolute Gasteiger partial charge is 0.305 e. The Balaban J connectivity index is 0.000000342. The molecule has 0 aliphatic rings. The summed E-state index contributed by atoms with van der Waals surface area (Å²) in [6, 6.07) is 9.40. The second-order valence-electron chi connectivity index (χ2n) is 4.39. The van der Waals surface area contributed by atoms with Gasteiger partial charge < -0.3 is 9.94 Å². The van der Waals surface area contributed by atoms with Crippen LogP contribution in [0.2, 0.25) is 0 Å². The molecular formula is C15H23NO3. The Labute approximate surface area is 115 Å². The quantitative estimate of drug-likeness (QED) is 0.384. The van der Waals surface area contributed by atoms with Gasteiger partial charge in [-0.2, -0.15) is 0 Å². The van der Waals surface area contributed by atoms with E-state index in [9.17, 15) is 4.79 Å². The molecule has 0 atom stereocenters. The molecule has 0 spiro atoms. The first-order valence-corrected chi connectivity index (χ1v) is 6.48. The van der Waals surface area contributed by atoms with Crippen LogP contribution in [0.3, 0.4) is 0 Å². The summed E-state index contributed by atoms with van der Waals surface area (Å²) in [5.41, 5.74) is 0.903. The molecule has 19 heavy (non-hydrogen) atoms. The van der Waals surface area contributed by atoms with Gasteiger partial charge in [0.2, 0.25) is 0 Å². The van der Waals surface area contributed by atoms with E-state index in [4.69, 9.17) is 9.94 Å². The third kappa shape index (κ3) is 11.0. The zero-order valence-corrected chi connectivity index (χ0v) is 11.9. The fourth-order valence-electron chi connectivity index (χ4n) is 1.25. The standard InChI is InChI=1S/C8H16O2.C7H7NO/c1-4-10-8(9)6-5-7(2)3;9-8-6-7-4-2-1-3-5-7/h7H,4-6H2,1-3H3;1-6,9H/b;8-6+. The van der Waals surface area contributed by atoms with E-state index in [1.807, 2.05) is 37.3 Å². The van der Waals surface area contributed by atoms with E-state index >= 15 is 0 Å². The molecule has 0 saturated carbocycles. The molecule has 4 heteroatoms. The summed E-state index contributed by atoms with van der Waals surface area (Å²) < 4.78 is 4.75. The maximum Gasteiger partial charge on any atom is 0.305 e. The summed E-state index contributed by atoms with van der Waals surface area (Å²) in [7, 11) is 0. The molecule has 0 unspecified atom stereocenters. The van der Waals surface area contributed by atoms with Crippen molar-refractivity contribution in [3.05, 3.63) is 35.9 Å². The molecule has 0 radical (unpaired) electrons. The lowest BCUT2D eigenvalue weighted by molar-refractivity contribution is -0.143. The van der Waals surface area contributed by atoms with Crippen LogP contribution in [0.1, 0.15) is 39.2 Å². The fourth-order valence-corrected chi connectivity index (χ4v) is 1.25. The molecule has 0 saturated heterocycles. The highest BCUT2D eigenvalue weighted by Gasteiger charge is 2.02. The van der Waals surface area contributed by atoms with Gasteiger partial charge in [0.05, 0.1) is 12.8 Å². The monoisotopic (exact) mass is 265 g/mol. The van der Waals surface area contributed by atoms with Gasteiger partial charge in [-0.25, -0.2) is 0 Å². The maximum atomic E-state index is 10.7. The zero-order chi connectivity index (χ0) is 14.5. The Morgan fingerprint density at radius 3 is 2.47 bits per heavy atom. The summed E-state index contributed by atoms with van der Waals surface area (Å²) in [6.45, 7) is 6.52. The number of hydrogen-bond donors (Lipinski definition) is 1. The first-order valence-electron chi connectivity index (χ1n) is 6.48. The largest absolute Gasteiger partial charge is 0.466 e. The molecule has 0 bridgehead atoms. The van der Waals surface area contributed by atoms with Crippen LogP contribution in [0.5, 0.6) is 0 Å². The zero-order valence-electron chi connectivity index (χ0n) is 11.9. The molecule has 0 amide bonds. The van der Waals surface area contributed by atoms with Crippen molar-refractivity contribution in [3.63, 3.8) is 0 Å². The average molecular weight is 265 g/mol. The van der Waals surface area contributed by atoms with Crippen molar-refractivity contribution < 1.29 is 14.7 Å². The normalized spacial score (nSPS) is 10.1. The van der Waals surface area contributed by atoms with Crippen LogP contribution >= 0.6 is 0 Å². The van der Waals surface area contributed by atoms with Crippen molar-refractivity contribution in [2.45, 2.75) is 33.6 Å². The van der Waals surface area contributed by atoms with E-state index in [1.54, 1.807) is 0 Å². The lowest BCUT2D eigenvalue weighted by Gasteiger charge is -2.03. The Bertz CT molecular complexity index is 361. The van der Waals surface area contributed by atoms with Crippen LogP contribution in [0.4, 0.5) is 0 Å². The predicted molar refractivity (Wildman–Crippen MR) is 76.5 cm³/mol. The summed E-state index contributed by atoms with van der Waals surface area (Å²) in [5, 5.41) is 11.0. The van der Waals surface area contributed by atoms with Crippen LogP contribution in [-0.2, 0) is 9.53 Å². The first kappa shape index (κ1) is 17.2. The Morgan fingerprint density at radius 1 is 1.37 bits per heavy atom. The predicted octanol–water partition coefficient (Wildman–Crippen LogP) is 3.48. The van der Waals surface area contributed by atoms with Crippen molar-refractivity contribution >= 4 is 12.2 Å². The van der Waals surface area contributed by atoms with Gasteiger partial charge in [0, 0.05) is 6.42 Å². The average Bonchev–Trinajstić information content (AvgIpc) is 2.39. The van der Waals surface area contributed by atoms with Gasteiger partial charge in [0.1, 0.15) is 0 Å². The van der Waals surface area contributed by atoms with Gasteiger partial charge in [0.25, 0.3) is 0 Å². The molecule has 1 aromatic rings. The van der Waals surface area contributed by atoms with Crippen LogP contribution in [0.25, 0.3) is 0 Å². The lowest BCUT2D eigenvalue weighted by atomic mass is 10.1. The molecular weight excluding hydrogens is 242 g/mol. The molecule has 106 valence electrons. The number of oxime groups is 1. The number of nitrogens with zero attached hydrogens (tertiary/aromatic N) is 1. The number of carbonyl (C=O) groups excluding carboxylic acids is 1. The van der Waals surface area contributed by atoms with E-state index in [0.717, 1.165) is 12.0 Å². The summed E-state index contributed by atoms with van der Waals surface area (Å²) in [4.78, 5) is 10.7. The second-order valence-corrected chi connectivity index (χ2v) is 4.39. The van der Waals surface area contributed by atoms with E-state index in [-0.39, 0.29) is 5.97 Å². The molecule has 0 heterocycles. The number of rotatable bonds is 5. The minimum absolute atomic E-state index is 0.0730. The third-order valence-corrected chi connectivity index (χ3v) is 2.24. The summed E-state index contributed by atoms with van der Waals surface area (Å²) in [6.07, 6.45) is 2.88. The van der Waals surface area contributed by atoms with Gasteiger partial charge in [-0.3, -0.25) is 4.79 Å². The van der Waals surface area contributed by atoms with Gasteiger partial charge >= 0.3 is 5.97 Å². The van der Waals surface area contributed by atoms with Gasteiger partial charge in [0.15, 0.2) is 0 Å². The first-order chi connectivity index (χ1) is 9.10. The number of ether oxygens (including phenoxy) is 1. The van der Waals surface area contributed by atoms with Gasteiger partial charge in [-0.1, -0.05) is 49.3 Å². The van der Waals surface area contributed by atoms with Crippen molar-refractivity contribution in [3.8, 4) is 0 Å². The van der Waals surface area contributed by atoms with Gasteiger partial charge in [-0.15, -0.1) is 0 Å². The third-order valence-electron chi connectivity index (χ3n) is 2.24. The lowest BCUT2D eigenvalue weighted by Crippen LogP contribution is -2.04. The Morgan fingerprint density at radius 2 is 2.00 bits per heavy atom. The van der Waals surface area contributed by atoms with E-state index in [0.29, 0.717) is 18.9 Å². The summed E-state index contributed by atoms with van der Waals surface area (Å²) in [5.74, 6) is 0.514. The molecule has 0 aliphatic heterocycles. The minimum atomic E-state index is -0.0730. The number of hydrogen-bond acceptors (Lipinski definition) is 4. The van der Waals surface area contributed by atoms with Crippen molar-refractivity contribution in [1.29, 1.82) is 0 Å². The molecule has 0 fully saturated rings. The van der Waals surface area contributed by atoms with Crippen molar-refractivity contribution in [2.24, 2.45) is 11.1 Å². The Hall–Kier alpha value is -1.84. The van der Waals surface area contributed by atoms with Crippen molar-refractivity contribution in [2.75, 3.05) is 6.61 Å². The highest BCUT2D eigenvalue weighted by atomic mass is 16.5. The number of esters is 1. The summed E-state index contributed by atoms with van der Waals surface area (Å²) >= 11 is 0. The number of benzene rings is 1. The van der Waals surface area contributed by atoms with E-state index < -0.39 is 0 Å². The second kappa shape index (κ2) is 11.3. The number of carbonyl (C=O) groups is 1. The van der Waals surface area contributed by atoms with E-state index in [1.165, 1.54) is 6.21 Å². The fraction of sp³-hybridized carbons (Fsp3) is 0.467. The van der Waals surface area contributed by atoms with E-state index in [2.05, 4.69) is 19.0 Å². The molecule has 1 aromatic carbocycles. The van der Waals surface area contributed by atoms with Gasteiger partial charge in [-0.05, 0) is 24.8 Å². The maximum absolute atomic E-state index is 10.7. The van der Waals surface area contributed by atoms with Crippen LogP contribution in [-0.4, -0.2) is 24.0 Å². The molecule has 0 aliphatic carbocycles. The Kier molecular flexibility index (Phi) is 10.2. The molecule has 1 N–H and O–H groups in total. The minimum Gasteiger partial charge on any atom is -0.466 e. The highest BCUT2D eigenvalue weighted by molar-refractivity contribution is 5.78. The topological polar surface area (TPSA) is 58.9 Å². The molecule has 1 rings (SSSR count). The molecule has 0 aromatic heterocycles. The van der Waals surface area contributed by atoms with Crippen LogP contribution in [0, 0.1) is 5.92 Å². The molecule has 4 nitrogen and oxygen atoms in total. The highest BCUT2D eigenvalue weighted by Crippen LogP contribution is 2.03. The van der Waals surface area contributed by atoms with Crippen molar-refractivity contribution in [1.82, 2.24) is 0 Å². The van der Waals surface area contributed by atoms with Crippen LogP contribution < -0.4 is 0 Å². The SMILES string of the molecule is CCOC(=O)CCC(C)C.O/N=C/c1ccccc1.